The van der Waals surface area contributed by atoms with E-state index in [1.165, 1.54) is 20.3 Å². The van der Waals surface area contributed by atoms with Crippen LogP contribution in [0.3, 0.4) is 0 Å². The van der Waals surface area contributed by atoms with Crippen molar-refractivity contribution >= 4 is 23.0 Å². The first-order valence-corrected chi connectivity index (χ1v) is 5.63. The summed E-state index contributed by atoms with van der Waals surface area (Å²) in [6.07, 6.45) is -0.500. The van der Waals surface area contributed by atoms with Crippen LogP contribution >= 0.6 is 11.6 Å². The molecule has 0 aliphatic rings. The third-order valence-electron chi connectivity index (χ3n) is 2.41. The average Bonchev–Trinajstić information content (AvgIpc) is 2.32. The van der Waals surface area contributed by atoms with E-state index in [0.717, 1.165) is 0 Å². The van der Waals surface area contributed by atoms with Gasteiger partial charge in [-0.15, -0.1) is 0 Å². The second-order valence-corrected chi connectivity index (χ2v) is 4.13. The summed E-state index contributed by atoms with van der Waals surface area (Å²) >= 11 is 5.73. The highest BCUT2D eigenvalue weighted by Gasteiger charge is 2.20. The first-order valence-electron chi connectivity index (χ1n) is 5.25. The maximum Gasteiger partial charge on any atom is 0.293 e. The standard InChI is InChI=1S/C11H15ClN2O4/c1-7(11(17-2)18-3)13-9-5-4-8(12)6-10(9)14(15)16/h4-7,11,13H,1-3H3/t7-/m1/s1. The van der Waals surface area contributed by atoms with Crippen molar-refractivity contribution < 1.29 is 14.4 Å². The number of nitrogens with one attached hydrogen (secondary N) is 1. The summed E-state index contributed by atoms with van der Waals surface area (Å²) in [5.41, 5.74) is 0.288. The van der Waals surface area contributed by atoms with Crippen LogP contribution in [0.5, 0.6) is 0 Å². The van der Waals surface area contributed by atoms with Crippen molar-refractivity contribution in [1.82, 2.24) is 0 Å². The molecule has 0 heterocycles. The molecule has 0 saturated carbocycles. The first kappa shape index (κ1) is 14.7. The zero-order valence-electron chi connectivity index (χ0n) is 10.3. The molecule has 0 radical (unpaired) electrons. The molecule has 0 unspecified atom stereocenters. The Hall–Kier alpha value is -1.37. The van der Waals surface area contributed by atoms with Crippen LogP contribution in [0.1, 0.15) is 6.92 Å². The highest BCUT2D eigenvalue weighted by molar-refractivity contribution is 6.30. The number of rotatable bonds is 6. The Morgan fingerprint density at radius 1 is 1.39 bits per heavy atom. The molecule has 0 aliphatic heterocycles. The largest absolute Gasteiger partial charge is 0.372 e. The predicted octanol–water partition coefficient (Wildman–Crippen LogP) is 2.67. The molecule has 1 rings (SSSR count). The Morgan fingerprint density at radius 2 is 2.00 bits per heavy atom. The molecule has 1 aromatic carbocycles. The maximum absolute atomic E-state index is 10.9. The number of benzene rings is 1. The molecule has 100 valence electrons. The van der Waals surface area contributed by atoms with Crippen molar-refractivity contribution in [2.75, 3.05) is 19.5 Å². The van der Waals surface area contributed by atoms with Crippen molar-refractivity contribution in [3.05, 3.63) is 33.3 Å². The summed E-state index contributed by atoms with van der Waals surface area (Å²) in [7, 11) is 3.01. The van der Waals surface area contributed by atoms with Gasteiger partial charge < -0.3 is 14.8 Å². The van der Waals surface area contributed by atoms with Crippen LogP contribution in [0.25, 0.3) is 0 Å². The molecule has 0 spiro atoms. The number of halogens is 1. The Kier molecular flexibility index (Phi) is 5.33. The number of ether oxygens (including phenoxy) is 2. The van der Waals surface area contributed by atoms with Gasteiger partial charge in [-0.25, -0.2) is 0 Å². The molecule has 1 aromatic rings. The number of anilines is 1. The van der Waals surface area contributed by atoms with E-state index in [0.29, 0.717) is 10.7 Å². The molecule has 1 N–H and O–H groups in total. The highest BCUT2D eigenvalue weighted by atomic mass is 35.5. The number of hydrogen-bond donors (Lipinski definition) is 1. The number of nitrogens with zero attached hydrogens (tertiary/aromatic N) is 1. The summed E-state index contributed by atoms with van der Waals surface area (Å²) in [5, 5.41) is 14.2. The molecular formula is C11H15ClN2O4. The summed E-state index contributed by atoms with van der Waals surface area (Å²) in [6.45, 7) is 1.80. The normalized spacial score (nSPS) is 12.5. The lowest BCUT2D eigenvalue weighted by atomic mass is 10.2. The van der Waals surface area contributed by atoms with Gasteiger partial charge in [-0.1, -0.05) is 11.6 Å². The molecule has 6 nitrogen and oxygen atoms in total. The Labute approximate surface area is 110 Å². The molecule has 0 fully saturated rings. The van der Waals surface area contributed by atoms with Gasteiger partial charge in [0.25, 0.3) is 5.69 Å². The number of nitro benzene ring substituents is 1. The summed E-state index contributed by atoms with van der Waals surface area (Å²) in [5.74, 6) is 0. The van der Waals surface area contributed by atoms with Crippen LogP contribution in [-0.2, 0) is 9.47 Å². The Morgan fingerprint density at radius 3 is 2.50 bits per heavy atom. The maximum atomic E-state index is 10.9. The summed E-state index contributed by atoms with van der Waals surface area (Å²) in [4.78, 5) is 10.4. The van der Waals surface area contributed by atoms with Crippen molar-refractivity contribution in [2.45, 2.75) is 19.3 Å². The fourth-order valence-corrected chi connectivity index (χ4v) is 1.76. The van der Waals surface area contributed by atoms with E-state index in [4.69, 9.17) is 21.1 Å². The zero-order valence-corrected chi connectivity index (χ0v) is 11.1. The van der Waals surface area contributed by atoms with Gasteiger partial charge in [0.05, 0.1) is 11.0 Å². The van der Waals surface area contributed by atoms with Crippen molar-refractivity contribution in [3.63, 3.8) is 0 Å². The summed E-state index contributed by atoms with van der Waals surface area (Å²) in [6, 6.07) is 4.18. The van der Waals surface area contributed by atoms with Crippen LogP contribution in [0.4, 0.5) is 11.4 Å². The minimum absolute atomic E-state index is 0.0830. The van der Waals surface area contributed by atoms with Crippen molar-refractivity contribution in [3.8, 4) is 0 Å². The van der Waals surface area contributed by atoms with E-state index in [-0.39, 0.29) is 11.7 Å². The topological polar surface area (TPSA) is 73.6 Å². The van der Waals surface area contributed by atoms with Crippen LogP contribution in [0.15, 0.2) is 18.2 Å². The van der Waals surface area contributed by atoms with E-state index in [1.54, 1.807) is 19.1 Å². The highest BCUT2D eigenvalue weighted by Crippen LogP contribution is 2.28. The first-order chi connectivity index (χ1) is 8.49. The minimum Gasteiger partial charge on any atom is -0.372 e. The van der Waals surface area contributed by atoms with E-state index in [9.17, 15) is 10.1 Å². The fourth-order valence-electron chi connectivity index (χ4n) is 1.60. The Balaban J connectivity index is 2.93. The molecule has 0 aliphatic carbocycles. The average molecular weight is 275 g/mol. The van der Waals surface area contributed by atoms with Gasteiger partial charge in [-0.3, -0.25) is 10.1 Å². The molecule has 7 heteroatoms. The smallest absolute Gasteiger partial charge is 0.293 e. The van der Waals surface area contributed by atoms with Crippen LogP contribution in [0, 0.1) is 10.1 Å². The molecular weight excluding hydrogens is 260 g/mol. The van der Waals surface area contributed by atoms with Crippen LogP contribution < -0.4 is 5.32 Å². The molecule has 18 heavy (non-hydrogen) atoms. The van der Waals surface area contributed by atoms with E-state index in [2.05, 4.69) is 5.32 Å². The van der Waals surface area contributed by atoms with Gasteiger partial charge in [0.15, 0.2) is 6.29 Å². The second-order valence-electron chi connectivity index (χ2n) is 3.69. The SMILES string of the molecule is COC(OC)[C@@H](C)Nc1ccc(Cl)cc1[N+](=O)[O-]. The monoisotopic (exact) mass is 274 g/mol. The molecule has 0 amide bonds. The van der Waals surface area contributed by atoms with Gasteiger partial charge >= 0.3 is 0 Å². The predicted molar refractivity (Wildman–Crippen MR) is 69.0 cm³/mol. The summed E-state index contributed by atoms with van der Waals surface area (Å²) < 4.78 is 10.2. The number of methoxy groups -OCH3 is 2. The molecule has 0 aromatic heterocycles. The van der Waals surface area contributed by atoms with Gasteiger partial charge in [0, 0.05) is 25.3 Å². The number of nitro groups is 1. The van der Waals surface area contributed by atoms with E-state index in [1.807, 2.05) is 0 Å². The second kappa shape index (κ2) is 6.53. The third kappa shape index (κ3) is 3.56. The lowest BCUT2D eigenvalue weighted by Gasteiger charge is -2.22. The molecule has 0 saturated heterocycles. The van der Waals surface area contributed by atoms with Gasteiger partial charge in [0.2, 0.25) is 0 Å². The quantitative estimate of drug-likeness (QED) is 0.490. The van der Waals surface area contributed by atoms with Crippen molar-refractivity contribution in [2.24, 2.45) is 0 Å². The Bertz CT molecular complexity index is 424. The zero-order chi connectivity index (χ0) is 13.7. The van der Waals surface area contributed by atoms with Gasteiger partial charge in [-0.05, 0) is 19.1 Å². The van der Waals surface area contributed by atoms with E-state index < -0.39 is 11.2 Å². The molecule has 1 atom stereocenters. The van der Waals surface area contributed by atoms with Crippen LogP contribution in [0.2, 0.25) is 5.02 Å². The van der Waals surface area contributed by atoms with Gasteiger partial charge in [-0.2, -0.15) is 0 Å². The lowest BCUT2D eigenvalue weighted by molar-refractivity contribution is -0.384. The van der Waals surface area contributed by atoms with Crippen molar-refractivity contribution in [1.29, 1.82) is 0 Å². The molecule has 0 bridgehead atoms. The number of hydrogen-bond acceptors (Lipinski definition) is 5. The fraction of sp³-hybridized carbons (Fsp3) is 0.455. The van der Waals surface area contributed by atoms with Gasteiger partial charge in [0.1, 0.15) is 5.69 Å². The van der Waals surface area contributed by atoms with Crippen LogP contribution in [-0.4, -0.2) is 31.5 Å². The lowest BCUT2D eigenvalue weighted by Crippen LogP contribution is -2.33. The third-order valence-corrected chi connectivity index (χ3v) is 2.65. The van der Waals surface area contributed by atoms with E-state index >= 15 is 0 Å². The minimum atomic E-state index is -0.500.